The maximum absolute atomic E-state index is 14.1. The third-order valence-corrected chi connectivity index (χ3v) is 6.78. The molecule has 2 aromatic carbocycles. The van der Waals surface area contributed by atoms with Gasteiger partial charge in [0.25, 0.3) is 0 Å². The monoisotopic (exact) mass is 467 g/mol. The second-order valence-electron chi connectivity index (χ2n) is 7.79. The third kappa shape index (κ3) is 3.92. The standard InChI is InChI=1S/C22H21Cl3FN3O/c1-2-7-28-8-5-22(6-9-28)13-29(19-4-3-15(26)12-16(19)22)21(30)27-20-17(24)10-14(23)11-18(20)25/h2-4,10-12H,1,5-9,13H2,(H,27,30). The molecule has 4 nitrogen and oxygen atoms in total. The average Bonchev–Trinajstić information content (AvgIpc) is 3.00. The largest absolute Gasteiger partial charge is 0.326 e. The Hall–Kier alpha value is -1.79. The minimum atomic E-state index is -0.362. The minimum absolute atomic E-state index is 0.256. The van der Waals surface area contributed by atoms with Gasteiger partial charge in [-0.3, -0.25) is 9.80 Å². The van der Waals surface area contributed by atoms with E-state index < -0.39 is 0 Å². The van der Waals surface area contributed by atoms with Crippen LogP contribution in [0.2, 0.25) is 15.1 Å². The number of nitrogens with zero attached hydrogens (tertiary/aromatic N) is 2. The number of nitrogens with one attached hydrogen (secondary N) is 1. The Balaban J connectivity index is 1.63. The molecule has 30 heavy (non-hydrogen) atoms. The maximum atomic E-state index is 14.1. The van der Waals surface area contributed by atoms with Crippen LogP contribution in [0.15, 0.2) is 43.0 Å². The van der Waals surface area contributed by atoms with Crippen molar-refractivity contribution in [1.82, 2.24) is 4.90 Å². The summed E-state index contributed by atoms with van der Waals surface area (Å²) in [6.07, 6.45) is 3.56. The van der Waals surface area contributed by atoms with Gasteiger partial charge in [-0.05, 0) is 61.8 Å². The lowest BCUT2D eigenvalue weighted by Gasteiger charge is -2.39. The van der Waals surface area contributed by atoms with E-state index in [2.05, 4.69) is 16.8 Å². The fraction of sp³-hybridized carbons (Fsp3) is 0.318. The van der Waals surface area contributed by atoms with Crippen molar-refractivity contribution in [2.24, 2.45) is 0 Å². The van der Waals surface area contributed by atoms with Gasteiger partial charge in [-0.2, -0.15) is 0 Å². The fourth-order valence-electron chi connectivity index (χ4n) is 4.43. The summed E-state index contributed by atoms with van der Waals surface area (Å²) >= 11 is 18.4. The van der Waals surface area contributed by atoms with Crippen molar-refractivity contribution < 1.29 is 9.18 Å². The van der Waals surface area contributed by atoms with E-state index in [9.17, 15) is 9.18 Å². The normalized spacial score (nSPS) is 17.8. The first-order valence-electron chi connectivity index (χ1n) is 9.69. The van der Waals surface area contributed by atoms with E-state index in [4.69, 9.17) is 34.8 Å². The number of fused-ring (bicyclic) bond motifs is 2. The van der Waals surface area contributed by atoms with Crippen LogP contribution in [-0.4, -0.2) is 37.1 Å². The van der Waals surface area contributed by atoms with Crippen molar-refractivity contribution in [3.05, 3.63) is 69.4 Å². The lowest BCUT2D eigenvalue weighted by atomic mass is 9.74. The van der Waals surface area contributed by atoms with Gasteiger partial charge < -0.3 is 5.32 Å². The summed E-state index contributed by atoms with van der Waals surface area (Å²) in [6.45, 7) is 6.84. The average molecular weight is 469 g/mol. The van der Waals surface area contributed by atoms with Crippen molar-refractivity contribution in [2.75, 3.05) is 36.4 Å². The fourth-order valence-corrected chi connectivity index (χ4v) is 5.34. The minimum Gasteiger partial charge on any atom is -0.305 e. The number of hydrogen-bond acceptors (Lipinski definition) is 2. The van der Waals surface area contributed by atoms with Crippen LogP contribution < -0.4 is 10.2 Å². The topological polar surface area (TPSA) is 35.6 Å². The van der Waals surface area contributed by atoms with E-state index in [1.54, 1.807) is 17.0 Å². The third-order valence-electron chi connectivity index (χ3n) is 5.97. The first kappa shape index (κ1) is 21.4. The number of piperidine rings is 1. The lowest BCUT2D eigenvalue weighted by molar-refractivity contribution is 0.180. The molecule has 158 valence electrons. The SMILES string of the molecule is C=CCN1CCC2(CC1)CN(C(=O)Nc1c(Cl)cc(Cl)cc1Cl)c1ccc(F)cc12. The molecule has 1 N–H and O–H groups in total. The highest BCUT2D eigenvalue weighted by atomic mass is 35.5. The van der Waals surface area contributed by atoms with Crippen molar-refractivity contribution in [3.8, 4) is 0 Å². The second kappa shape index (κ2) is 8.39. The Labute approximate surface area is 190 Å². The van der Waals surface area contributed by atoms with Crippen molar-refractivity contribution in [1.29, 1.82) is 0 Å². The number of rotatable bonds is 3. The van der Waals surface area contributed by atoms with Gasteiger partial charge in [0.15, 0.2) is 0 Å². The van der Waals surface area contributed by atoms with Gasteiger partial charge >= 0.3 is 6.03 Å². The van der Waals surface area contributed by atoms with Crippen molar-refractivity contribution in [3.63, 3.8) is 0 Å². The van der Waals surface area contributed by atoms with Gasteiger partial charge in [0.2, 0.25) is 0 Å². The highest BCUT2D eigenvalue weighted by Gasteiger charge is 2.46. The Morgan fingerprint density at radius 1 is 1.17 bits per heavy atom. The Morgan fingerprint density at radius 3 is 2.47 bits per heavy atom. The number of anilines is 2. The highest BCUT2D eigenvalue weighted by molar-refractivity contribution is 6.42. The second-order valence-corrected chi connectivity index (χ2v) is 9.04. The van der Waals surface area contributed by atoms with Crippen LogP contribution >= 0.6 is 34.8 Å². The molecule has 0 saturated carbocycles. The quantitative estimate of drug-likeness (QED) is 0.532. The molecule has 4 rings (SSSR count). The number of benzene rings is 2. The summed E-state index contributed by atoms with van der Waals surface area (Å²) in [7, 11) is 0. The zero-order valence-corrected chi connectivity index (χ0v) is 18.5. The van der Waals surface area contributed by atoms with E-state index in [1.165, 1.54) is 18.2 Å². The van der Waals surface area contributed by atoms with Crippen molar-refractivity contribution in [2.45, 2.75) is 18.3 Å². The van der Waals surface area contributed by atoms with Gasteiger partial charge in [0, 0.05) is 29.2 Å². The number of halogens is 4. The lowest BCUT2D eigenvalue weighted by Crippen LogP contribution is -2.46. The molecule has 1 spiro atoms. The zero-order chi connectivity index (χ0) is 21.5. The molecule has 0 aliphatic carbocycles. The van der Waals surface area contributed by atoms with Crippen LogP contribution in [-0.2, 0) is 5.41 Å². The molecular formula is C22H21Cl3FN3O. The van der Waals surface area contributed by atoms with E-state index in [-0.39, 0.29) is 27.3 Å². The van der Waals surface area contributed by atoms with Gasteiger partial charge in [0.1, 0.15) is 5.82 Å². The summed E-state index contributed by atoms with van der Waals surface area (Å²) in [5.74, 6) is -0.298. The molecule has 2 heterocycles. The molecule has 8 heteroatoms. The first-order chi connectivity index (χ1) is 14.3. The van der Waals surface area contributed by atoms with Crippen LogP contribution in [0.25, 0.3) is 0 Å². The Bertz CT molecular complexity index is 982. The molecule has 1 saturated heterocycles. The molecule has 2 aliphatic heterocycles. The summed E-state index contributed by atoms with van der Waals surface area (Å²) < 4.78 is 14.1. The molecule has 0 aromatic heterocycles. The van der Waals surface area contributed by atoms with Crippen molar-refractivity contribution >= 4 is 52.2 Å². The number of carbonyl (C=O) groups excluding carboxylic acids is 1. The number of carbonyl (C=O) groups is 1. The number of urea groups is 1. The summed E-state index contributed by atoms with van der Waals surface area (Å²) in [5, 5.41) is 3.70. The summed E-state index contributed by atoms with van der Waals surface area (Å²) in [4.78, 5) is 17.2. The van der Waals surface area contributed by atoms with E-state index in [0.29, 0.717) is 22.9 Å². The number of hydrogen-bond donors (Lipinski definition) is 1. The molecule has 0 unspecified atom stereocenters. The van der Waals surface area contributed by atoms with E-state index >= 15 is 0 Å². The Kier molecular flexibility index (Phi) is 5.99. The molecule has 2 amide bonds. The predicted octanol–water partition coefficient (Wildman–Crippen LogP) is 6.36. The summed E-state index contributed by atoms with van der Waals surface area (Å²) in [5.41, 5.74) is 1.62. The van der Waals surface area contributed by atoms with Gasteiger partial charge in [-0.15, -0.1) is 6.58 Å². The van der Waals surface area contributed by atoms with E-state index in [0.717, 1.165) is 38.0 Å². The van der Waals surface area contributed by atoms with Gasteiger partial charge in [-0.1, -0.05) is 40.9 Å². The maximum Gasteiger partial charge on any atom is 0.326 e. The molecule has 2 aromatic rings. The van der Waals surface area contributed by atoms with Gasteiger partial charge in [0.05, 0.1) is 15.7 Å². The van der Waals surface area contributed by atoms with E-state index in [1.807, 2.05) is 6.08 Å². The molecule has 0 bridgehead atoms. The van der Waals surface area contributed by atoms with Crippen LogP contribution in [0.1, 0.15) is 18.4 Å². The Morgan fingerprint density at radius 2 is 1.83 bits per heavy atom. The van der Waals surface area contributed by atoms with Crippen LogP contribution in [0.3, 0.4) is 0 Å². The van der Waals surface area contributed by atoms with Crippen LogP contribution in [0, 0.1) is 5.82 Å². The molecule has 0 atom stereocenters. The summed E-state index contributed by atoms with van der Waals surface area (Å²) in [6, 6.07) is 7.30. The number of amides is 2. The van der Waals surface area contributed by atoms with Gasteiger partial charge in [-0.25, -0.2) is 9.18 Å². The predicted molar refractivity (Wildman–Crippen MR) is 122 cm³/mol. The molecule has 0 radical (unpaired) electrons. The molecular weight excluding hydrogens is 448 g/mol. The highest BCUT2D eigenvalue weighted by Crippen LogP contribution is 2.47. The molecule has 1 fully saturated rings. The van der Waals surface area contributed by atoms with Crippen LogP contribution in [0.4, 0.5) is 20.6 Å². The zero-order valence-electron chi connectivity index (χ0n) is 16.2. The first-order valence-corrected chi connectivity index (χ1v) is 10.8. The van der Waals surface area contributed by atoms with Crippen LogP contribution in [0.5, 0.6) is 0 Å². The smallest absolute Gasteiger partial charge is 0.305 e. The molecule has 2 aliphatic rings. The number of likely N-dealkylation sites (tertiary alicyclic amines) is 1.